The van der Waals surface area contributed by atoms with E-state index in [1.165, 1.54) is 6.07 Å². The van der Waals surface area contributed by atoms with Crippen LogP contribution in [0.2, 0.25) is 0 Å². The van der Waals surface area contributed by atoms with Crippen LogP contribution in [0.1, 0.15) is 49.9 Å². The van der Waals surface area contributed by atoms with E-state index in [2.05, 4.69) is 10.6 Å². The quantitative estimate of drug-likeness (QED) is 0.771. The highest BCUT2D eigenvalue weighted by Crippen LogP contribution is 2.18. The van der Waals surface area contributed by atoms with Crippen molar-refractivity contribution in [1.82, 2.24) is 5.32 Å². The smallest absolute Gasteiger partial charge is 0.411 e. The summed E-state index contributed by atoms with van der Waals surface area (Å²) in [7, 11) is 0. The van der Waals surface area contributed by atoms with Crippen molar-refractivity contribution >= 4 is 23.7 Å². The Kier molecular flexibility index (Phi) is 6.80. The first-order valence-electron chi connectivity index (χ1n) is 8.54. The molecule has 0 aromatic heterocycles. The van der Waals surface area contributed by atoms with Gasteiger partial charge in [0, 0.05) is 11.7 Å². The molecule has 2 N–H and O–H groups in total. The van der Waals surface area contributed by atoms with Crippen LogP contribution in [-0.4, -0.2) is 36.7 Å². The Balaban J connectivity index is 1.90. The predicted octanol–water partition coefficient (Wildman–Crippen LogP) is 2.86. The molecule has 7 nitrogen and oxygen atoms in total. The molecule has 0 bridgehead atoms. The molecule has 2 amide bonds. The van der Waals surface area contributed by atoms with Crippen molar-refractivity contribution in [2.24, 2.45) is 0 Å². The summed E-state index contributed by atoms with van der Waals surface area (Å²) in [6.07, 6.45) is 2.67. The summed E-state index contributed by atoms with van der Waals surface area (Å²) in [6, 6.07) is 6.44. The molecule has 0 spiro atoms. The normalized spacial score (nSPS) is 15.3. The van der Waals surface area contributed by atoms with Crippen molar-refractivity contribution in [2.75, 3.05) is 11.9 Å². The van der Waals surface area contributed by atoms with Gasteiger partial charge in [-0.25, -0.2) is 9.59 Å². The van der Waals surface area contributed by atoms with Gasteiger partial charge in [-0.05, 0) is 44.9 Å². The van der Waals surface area contributed by atoms with Gasteiger partial charge in [0.1, 0.15) is 0 Å². The minimum atomic E-state index is -0.880. The molecule has 2 rings (SSSR count). The third-order valence-corrected chi connectivity index (χ3v) is 3.97. The minimum Gasteiger partial charge on any atom is -0.450 e. The second-order valence-corrected chi connectivity index (χ2v) is 5.96. The summed E-state index contributed by atoms with van der Waals surface area (Å²) in [6.45, 7) is 3.50. The average Bonchev–Trinajstić information content (AvgIpc) is 3.08. The van der Waals surface area contributed by atoms with Crippen molar-refractivity contribution in [3.63, 3.8) is 0 Å². The SMILES string of the molecule is CCOC(=O)Nc1cccc(C(=O)OC(C)C(=O)NC2CCCC2)c1. The molecule has 1 aliphatic carbocycles. The van der Waals surface area contributed by atoms with E-state index in [-0.39, 0.29) is 24.1 Å². The lowest BCUT2D eigenvalue weighted by molar-refractivity contribution is -0.129. The summed E-state index contributed by atoms with van der Waals surface area (Å²) in [4.78, 5) is 35.7. The maximum atomic E-state index is 12.2. The molecule has 1 aliphatic rings. The fourth-order valence-corrected chi connectivity index (χ4v) is 2.68. The molecule has 0 saturated heterocycles. The summed E-state index contributed by atoms with van der Waals surface area (Å²) < 4.78 is 10.0. The number of rotatable bonds is 6. The van der Waals surface area contributed by atoms with Crippen molar-refractivity contribution in [3.8, 4) is 0 Å². The summed E-state index contributed by atoms with van der Waals surface area (Å²) in [5, 5.41) is 5.41. The maximum absolute atomic E-state index is 12.2. The van der Waals surface area contributed by atoms with Crippen LogP contribution in [0.5, 0.6) is 0 Å². The van der Waals surface area contributed by atoms with Gasteiger partial charge in [0.2, 0.25) is 0 Å². The highest BCUT2D eigenvalue weighted by atomic mass is 16.6. The molecular formula is C18H24N2O5. The first-order valence-corrected chi connectivity index (χ1v) is 8.54. The van der Waals surface area contributed by atoms with E-state index in [1.54, 1.807) is 32.0 Å². The van der Waals surface area contributed by atoms with E-state index in [0.717, 1.165) is 25.7 Å². The zero-order chi connectivity index (χ0) is 18.2. The Labute approximate surface area is 147 Å². The van der Waals surface area contributed by atoms with Gasteiger partial charge < -0.3 is 14.8 Å². The number of hydrogen-bond donors (Lipinski definition) is 2. The largest absolute Gasteiger partial charge is 0.450 e. The second kappa shape index (κ2) is 9.05. The Bertz CT molecular complexity index is 626. The first-order chi connectivity index (χ1) is 12.0. The van der Waals surface area contributed by atoms with Crippen LogP contribution in [0.25, 0.3) is 0 Å². The van der Waals surface area contributed by atoms with E-state index in [9.17, 15) is 14.4 Å². The van der Waals surface area contributed by atoms with Gasteiger partial charge in [-0.15, -0.1) is 0 Å². The van der Waals surface area contributed by atoms with Gasteiger partial charge in [-0.1, -0.05) is 18.9 Å². The van der Waals surface area contributed by atoms with Crippen LogP contribution >= 0.6 is 0 Å². The molecule has 1 atom stereocenters. The number of amides is 2. The zero-order valence-electron chi connectivity index (χ0n) is 14.5. The van der Waals surface area contributed by atoms with Crippen LogP contribution < -0.4 is 10.6 Å². The van der Waals surface area contributed by atoms with Crippen LogP contribution in [0.3, 0.4) is 0 Å². The number of hydrogen-bond acceptors (Lipinski definition) is 5. The molecule has 1 fully saturated rings. The lowest BCUT2D eigenvalue weighted by atomic mass is 10.2. The summed E-state index contributed by atoms with van der Waals surface area (Å²) >= 11 is 0. The molecule has 1 aromatic carbocycles. The van der Waals surface area contributed by atoms with Gasteiger partial charge >= 0.3 is 12.1 Å². The number of carbonyl (C=O) groups is 3. The molecular weight excluding hydrogens is 324 g/mol. The maximum Gasteiger partial charge on any atom is 0.411 e. The Morgan fingerprint density at radius 3 is 2.64 bits per heavy atom. The van der Waals surface area contributed by atoms with Crippen molar-refractivity contribution in [3.05, 3.63) is 29.8 Å². The Hall–Kier alpha value is -2.57. The molecule has 25 heavy (non-hydrogen) atoms. The second-order valence-electron chi connectivity index (χ2n) is 5.96. The van der Waals surface area contributed by atoms with Gasteiger partial charge in [0.15, 0.2) is 6.10 Å². The van der Waals surface area contributed by atoms with E-state index in [1.807, 2.05) is 0 Å². The molecule has 1 aromatic rings. The summed E-state index contributed by atoms with van der Waals surface area (Å²) in [5.74, 6) is -0.914. The minimum absolute atomic E-state index is 0.172. The van der Waals surface area contributed by atoms with Crippen LogP contribution in [-0.2, 0) is 14.3 Å². The molecule has 7 heteroatoms. The van der Waals surface area contributed by atoms with Crippen LogP contribution in [0, 0.1) is 0 Å². The molecule has 0 aliphatic heterocycles. The van der Waals surface area contributed by atoms with Gasteiger partial charge in [0.05, 0.1) is 12.2 Å². The van der Waals surface area contributed by atoms with E-state index >= 15 is 0 Å². The van der Waals surface area contributed by atoms with Gasteiger partial charge in [-0.3, -0.25) is 10.1 Å². The molecule has 1 unspecified atom stereocenters. The summed E-state index contributed by atoms with van der Waals surface area (Å²) in [5.41, 5.74) is 0.658. The monoisotopic (exact) mass is 348 g/mol. The van der Waals surface area contributed by atoms with Crippen molar-refractivity contribution < 1.29 is 23.9 Å². The third kappa shape index (κ3) is 5.77. The van der Waals surface area contributed by atoms with Crippen molar-refractivity contribution in [2.45, 2.75) is 51.7 Å². The predicted molar refractivity (Wildman–Crippen MR) is 92.4 cm³/mol. The van der Waals surface area contributed by atoms with Crippen LogP contribution in [0.4, 0.5) is 10.5 Å². The lowest BCUT2D eigenvalue weighted by Gasteiger charge is -2.17. The number of ether oxygens (including phenoxy) is 2. The zero-order valence-corrected chi connectivity index (χ0v) is 14.5. The highest BCUT2D eigenvalue weighted by Gasteiger charge is 2.23. The number of nitrogens with one attached hydrogen (secondary N) is 2. The molecule has 136 valence electrons. The fraction of sp³-hybridized carbons (Fsp3) is 0.500. The van der Waals surface area contributed by atoms with Crippen molar-refractivity contribution in [1.29, 1.82) is 0 Å². The molecule has 1 saturated carbocycles. The highest BCUT2D eigenvalue weighted by molar-refractivity contribution is 5.94. The van der Waals surface area contributed by atoms with Gasteiger partial charge in [0.25, 0.3) is 5.91 Å². The number of esters is 1. The molecule has 0 radical (unpaired) electrons. The Morgan fingerprint density at radius 1 is 1.24 bits per heavy atom. The first kappa shape index (κ1) is 18.8. The lowest BCUT2D eigenvalue weighted by Crippen LogP contribution is -2.40. The average molecular weight is 348 g/mol. The van der Waals surface area contributed by atoms with Crippen LogP contribution in [0.15, 0.2) is 24.3 Å². The fourth-order valence-electron chi connectivity index (χ4n) is 2.68. The number of carbonyl (C=O) groups excluding carboxylic acids is 3. The third-order valence-electron chi connectivity index (χ3n) is 3.97. The van der Waals surface area contributed by atoms with E-state index in [0.29, 0.717) is 5.69 Å². The number of benzene rings is 1. The standard InChI is InChI=1S/C18H24N2O5/c1-3-24-18(23)20-15-10-6-7-13(11-15)17(22)25-12(2)16(21)19-14-8-4-5-9-14/h6-7,10-12,14H,3-5,8-9H2,1-2H3,(H,19,21)(H,20,23). The topological polar surface area (TPSA) is 93.7 Å². The van der Waals surface area contributed by atoms with E-state index in [4.69, 9.17) is 9.47 Å². The van der Waals surface area contributed by atoms with E-state index < -0.39 is 18.2 Å². The number of anilines is 1. The molecule has 0 heterocycles. The van der Waals surface area contributed by atoms with Gasteiger partial charge in [-0.2, -0.15) is 0 Å². The Morgan fingerprint density at radius 2 is 1.96 bits per heavy atom.